The first-order valence-corrected chi connectivity index (χ1v) is 9.45. The smallest absolute Gasteiger partial charge is 0.226 e. The van der Waals surface area contributed by atoms with Crippen molar-refractivity contribution >= 4 is 0 Å². The second-order valence-electron chi connectivity index (χ2n) is 7.10. The molecule has 1 fully saturated rings. The highest BCUT2D eigenvalue weighted by Gasteiger charge is 2.20. The lowest BCUT2D eigenvalue weighted by Crippen LogP contribution is -2.42. The predicted octanol–water partition coefficient (Wildman–Crippen LogP) is 4.37. The number of likely N-dealkylation sites (tertiary alicyclic amines) is 1. The molecule has 1 aliphatic rings. The lowest BCUT2D eigenvalue weighted by molar-refractivity contribution is 0.199. The van der Waals surface area contributed by atoms with Crippen molar-refractivity contribution in [2.24, 2.45) is 5.73 Å². The van der Waals surface area contributed by atoms with Gasteiger partial charge in [0.25, 0.3) is 0 Å². The zero-order chi connectivity index (χ0) is 18.6. The molecule has 1 aromatic heterocycles. The number of nitrogens with two attached hydrogens (primary N) is 1. The van der Waals surface area contributed by atoms with E-state index < -0.39 is 0 Å². The van der Waals surface area contributed by atoms with E-state index in [0.717, 1.165) is 61.0 Å². The lowest BCUT2D eigenvalue weighted by Gasteiger charge is -2.29. The summed E-state index contributed by atoms with van der Waals surface area (Å²) in [7, 11) is 0. The fourth-order valence-electron chi connectivity index (χ4n) is 3.46. The first-order chi connectivity index (χ1) is 13.2. The fourth-order valence-corrected chi connectivity index (χ4v) is 3.46. The Morgan fingerprint density at radius 2 is 1.96 bits per heavy atom. The zero-order valence-electron chi connectivity index (χ0n) is 15.6. The third kappa shape index (κ3) is 4.38. The quantitative estimate of drug-likeness (QED) is 0.729. The monoisotopic (exact) mass is 363 g/mol. The molecule has 0 aliphatic carbocycles. The Labute approximate surface area is 159 Å². The molecule has 0 saturated carbocycles. The summed E-state index contributed by atoms with van der Waals surface area (Å²) in [5.41, 5.74) is 7.98. The average Bonchev–Trinajstić information content (AvgIpc) is 3.03. The Morgan fingerprint density at radius 1 is 1.15 bits per heavy atom. The molecule has 1 aliphatic heterocycles. The van der Waals surface area contributed by atoms with Crippen LogP contribution in [0.4, 0.5) is 0 Å². The van der Waals surface area contributed by atoms with E-state index in [0.29, 0.717) is 5.89 Å². The average molecular weight is 363 g/mol. The Morgan fingerprint density at radius 3 is 2.78 bits per heavy atom. The van der Waals surface area contributed by atoms with Crippen LogP contribution < -0.4 is 10.5 Å². The first-order valence-electron chi connectivity index (χ1n) is 9.45. The van der Waals surface area contributed by atoms with E-state index in [1.165, 1.54) is 0 Å². The van der Waals surface area contributed by atoms with Crippen LogP contribution in [-0.2, 0) is 6.54 Å². The van der Waals surface area contributed by atoms with Crippen LogP contribution in [0.1, 0.15) is 24.3 Å². The number of rotatable bonds is 5. The van der Waals surface area contributed by atoms with Gasteiger partial charge in [0, 0.05) is 24.7 Å². The minimum Gasteiger partial charge on any atom is -0.457 e. The molecular formula is C22H25N3O2. The van der Waals surface area contributed by atoms with E-state index in [-0.39, 0.29) is 6.04 Å². The van der Waals surface area contributed by atoms with Crippen LogP contribution in [0.25, 0.3) is 11.5 Å². The molecule has 0 bridgehead atoms. The number of ether oxygens (including phenoxy) is 1. The summed E-state index contributed by atoms with van der Waals surface area (Å²) in [6.45, 7) is 4.74. The number of hydrogen-bond acceptors (Lipinski definition) is 5. The SMILES string of the molecule is Cc1oc(-c2cccc(Oc3ccccc3)c2)nc1CN1CCC[C@H](N)C1. The maximum absolute atomic E-state index is 6.09. The second kappa shape index (κ2) is 7.94. The largest absolute Gasteiger partial charge is 0.457 e. The fraction of sp³-hybridized carbons (Fsp3) is 0.318. The molecule has 3 aromatic rings. The molecule has 0 amide bonds. The number of aryl methyl sites for hydroxylation is 1. The van der Waals surface area contributed by atoms with E-state index in [1.807, 2.05) is 61.5 Å². The van der Waals surface area contributed by atoms with Crippen molar-refractivity contribution in [1.29, 1.82) is 0 Å². The molecule has 27 heavy (non-hydrogen) atoms. The van der Waals surface area contributed by atoms with Gasteiger partial charge in [-0.15, -0.1) is 0 Å². The predicted molar refractivity (Wildman–Crippen MR) is 106 cm³/mol. The molecule has 1 saturated heterocycles. The van der Waals surface area contributed by atoms with Gasteiger partial charge in [0.2, 0.25) is 5.89 Å². The van der Waals surface area contributed by atoms with Gasteiger partial charge in [-0.2, -0.15) is 0 Å². The van der Waals surface area contributed by atoms with Gasteiger partial charge in [0.15, 0.2) is 0 Å². The molecule has 2 aromatic carbocycles. The van der Waals surface area contributed by atoms with Crippen molar-refractivity contribution in [3.05, 3.63) is 66.1 Å². The molecule has 5 nitrogen and oxygen atoms in total. The molecule has 2 N–H and O–H groups in total. The Balaban J connectivity index is 1.51. The molecule has 2 heterocycles. The summed E-state index contributed by atoms with van der Waals surface area (Å²) in [4.78, 5) is 7.10. The van der Waals surface area contributed by atoms with Crippen LogP contribution >= 0.6 is 0 Å². The Bertz CT molecular complexity index is 892. The second-order valence-corrected chi connectivity index (χ2v) is 7.10. The molecular weight excluding hydrogens is 338 g/mol. The summed E-state index contributed by atoms with van der Waals surface area (Å²) in [5, 5.41) is 0. The van der Waals surface area contributed by atoms with Gasteiger partial charge in [-0.25, -0.2) is 4.98 Å². The number of benzene rings is 2. The third-order valence-electron chi connectivity index (χ3n) is 4.87. The van der Waals surface area contributed by atoms with Crippen molar-refractivity contribution < 1.29 is 9.15 Å². The zero-order valence-corrected chi connectivity index (χ0v) is 15.6. The number of hydrogen-bond donors (Lipinski definition) is 1. The molecule has 140 valence electrons. The molecule has 0 spiro atoms. The maximum Gasteiger partial charge on any atom is 0.226 e. The number of para-hydroxylation sites is 1. The van der Waals surface area contributed by atoms with Crippen LogP contribution in [0.2, 0.25) is 0 Å². The summed E-state index contributed by atoms with van der Waals surface area (Å²) >= 11 is 0. The van der Waals surface area contributed by atoms with Crippen LogP contribution in [-0.4, -0.2) is 29.0 Å². The highest BCUT2D eigenvalue weighted by Crippen LogP contribution is 2.28. The number of piperidine rings is 1. The van der Waals surface area contributed by atoms with Gasteiger partial charge in [-0.1, -0.05) is 24.3 Å². The van der Waals surface area contributed by atoms with Crippen LogP contribution in [0, 0.1) is 6.92 Å². The number of oxazole rings is 1. The van der Waals surface area contributed by atoms with Gasteiger partial charge in [-0.05, 0) is 56.6 Å². The maximum atomic E-state index is 6.09. The van der Waals surface area contributed by atoms with Gasteiger partial charge < -0.3 is 14.9 Å². The summed E-state index contributed by atoms with van der Waals surface area (Å²) in [5.74, 6) is 3.05. The standard InChI is InChI=1S/C22H25N3O2/c1-16-21(15-25-12-6-8-18(23)14-25)24-22(26-16)17-7-5-11-20(13-17)27-19-9-3-2-4-10-19/h2-5,7,9-11,13,18H,6,8,12,14-15,23H2,1H3/t18-/m0/s1. The third-order valence-corrected chi connectivity index (χ3v) is 4.87. The van der Waals surface area contributed by atoms with Crippen LogP contribution in [0.5, 0.6) is 11.5 Å². The highest BCUT2D eigenvalue weighted by molar-refractivity contribution is 5.57. The van der Waals surface area contributed by atoms with Crippen molar-refractivity contribution in [1.82, 2.24) is 9.88 Å². The van der Waals surface area contributed by atoms with E-state index in [4.69, 9.17) is 19.9 Å². The summed E-state index contributed by atoms with van der Waals surface area (Å²) in [6, 6.07) is 17.8. The van der Waals surface area contributed by atoms with Gasteiger partial charge in [0.1, 0.15) is 17.3 Å². The number of aromatic nitrogens is 1. The van der Waals surface area contributed by atoms with Gasteiger partial charge >= 0.3 is 0 Å². The van der Waals surface area contributed by atoms with E-state index in [2.05, 4.69) is 4.90 Å². The van der Waals surface area contributed by atoms with Crippen molar-refractivity contribution in [2.75, 3.05) is 13.1 Å². The van der Waals surface area contributed by atoms with Gasteiger partial charge in [0.05, 0.1) is 5.69 Å². The van der Waals surface area contributed by atoms with Crippen molar-refractivity contribution in [3.63, 3.8) is 0 Å². The topological polar surface area (TPSA) is 64.5 Å². The lowest BCUT2D eigenvalue weighted by atomic mass is 10.1. The normalized spacial score (nSPS) is 17.8. The summed E-state index contributed by atoms with van der Waals surface area (Å²) in [6.07, 6.45) is 2.25. The molecule has 4 rings (SSSR count). The Hall–Kier alpha value is -2.63. The van der Waals surface area contributed by atoms with Crippen LogP contribution in [0.15, 0.2) is 59.0 Å². The molecule has 5 heteroatoms. The van der Waals surface area contributed by atoms with E-state index >= 15 is 0 Å². The molecule has 1 atom stereocenters. The minimum atomic E-state index is 0.261. The Kier molecular flexibility index (Phi) is 5.23. The first kappa shape index (κ1) is 17.8. The van der Waals surface area contributed by atoms with E-state index in [1.54, 1.807) is 0 Å². The number of nitrogens with zero attached hydrogens (tertiary/aromatic N) is 2. The molecule has 0 radical (unpaired) electrons. The minimum absolute atomic E-state index is 0.261. The van der Waals surface area contributed by atoms with Crippen LogP contribution in [0.3, 0.4) is 0 Å². The molecule has 0 unspecified atom stereocenters. The summed E-state index contributed by atoms with van der Waals surface area (Å²) < 4.78 is 11.9. The van der Waals surface area contributed by atoms with E-state index in [9.17, 15) is 0 Å². The van der Waals surface area contributed by atoms with Gasteiger partial charge in [-0.3, -0.25) is 4.90 Å². The van der Waals surface area contributed by atoms with Crippen molar-refractivity contribution in [2.45, 2.75) is 32.4 Å². The van der Waals surface area contributed by atoms with Crippen molar-refractivity contribution in [3.8, 4) is 23.0 Å². The highest BCUT2D eigenvalue weighted by atomic mass is 16.5.